The van der Waals surface area contributed by atoms with Crippen LogP contribution in [0.15, 0.2) is 42.5 Å². The summed E-state index contributed by atoms with van der Waals surface area (Å²) in [5.74, 6) is -0.906. The summed E-state index contributed by atoms with van der Waals surface area (Å²) in [4.78, 5) is 48.0. The molecule has 1 aliphatic carbocycles. The van der Waals surface area contributed by atoms with E-state index in [0.717, 1.165) is 12.8 Å². The van der Waals surface area contributed by atoms with Gasteiger partial charge in [-0.1, -0.05) is 35.9 Å². The molecule has 13 heteroatoms. The van der Waals surface area contributed by atoms with Crippen LogP contribution in [0.3, 0.4) is 0 Å². The SMILES string of the molecule is [C-]#[N+]c1cc(C(=O)N2Cc3c(nn4c3C(=O)N(C(C)c3ccc(OC(F)F)cc3)C[C@H]4C(=O)NC3CC3)C[C@H]2C)ccc1Cl. The van der Waals surface area contributed by atoms with E-state index < -0.39 is 18.7 Å². The van der Waals surface area contributed by atoms with Gasteiger partial charge in [-0.25, -0.2) is 9.53 Å². The van der Waals surface area contributed by atoms with E-state index in [1.807, 2.05) is 13.8 Å². The summed E-state index contributed by atoms with van der Waals surface area (Å²) in [6.07, 6.45) is 2.15. The molecule has 0 saturated heterocycles. The first-order chi connectivity index (χ1) is 21.0. The summed E-state index contributed by atoms with van der Waals surface area (Å²) < 4.78 is 31.3. The van der Waals surface area contributed by atoms with Gasteiger partial charge in [0.1, 0.15) is 17.5 Å². The Morgan fingerprint density at radius 3 is 2.57 bits per heavy atom. The molecule has 1 N–H and O–H groups in total. The van der Waals surface area contributed by atoms with Crippen molar-refractivity contribution in [2.24, 2.45) is 0 Å². The Morgan fingerprint density at radius 1 is 1.18 bits per heavy atom. The Morgan fingerprint density at radius 2 is 1.91 bits per heavy atom. The first-order valence-electron chi connectivity index (χ1n) is 14.3. The van der Waals surface area contributed by atoms with E-state index in [9.17, 15) is 23.2 Å². The first-order valence-corrected chi connectivity index (χ1v) is 14.7. The van der Waals surface area contributed by atoms with E-state index in [0.29, 0.717) is 28.8 Å². The topological polar surface area (TPSA) is 101 Å². The maximum atomic E-state index is 14.2. The summed E-state index contributed by atoms with van der Waals surface area (Å²) in [6.45, 7) is 8.24. The van der Waals surface area contributed by atoms with Crippen LogP contribution in [0.5, 0.6) is 5.75 Å². The third-order valence-corrected chi connectivity index (χ3v) is 8.74. The summed E-state index contributed by atoms with van der Waals surface area (Å²) in [6, 6.07) is 9.11. The van der Waals surface area contributed by atoms with Gasteiger partial charge in [-0.3, -0.25) is 14.4 Å². The lowest BCUT2D eigenvalue weighted by Gasteiger charge is -2.38. The minimum atomic E-state index is -2.96. The number of hydrogen-bond donors (Lipinski definition) is 1. The predicted octanol–water partition coefficient (Wildman–Crippen LogP) is 5.31. The number of carbonyl (C=O) groups excluding carboxylic acids is 3. The number of carbonyl (C=O) groups is 3. The van der Waals surface area contributed by atoms with Crippen molar-refractivity contribution in [3.05, 3.63) is 87.0 Å². The highest BCUT2D eigenvalue weighted by Crippen LogP contribution is 2.37. The molecule has 1 saturated carbocycles. The number of nitrogens with zero attached hydrogens (tertiary/aromatic N) is 5. The highest BCUT2D eigenvalue weighted by Gasteiger charge is 2.44. The lowest BCUT2D eigenvalue weighted by atomic mass is 9.96. The van der Waals surface area contributed by atoms with Crippen LogP contribution in [0.25, 0.3) is 4.85 Å². The molecule has 3 aromatic rings. The molecule has 10 nitrogen and oxygen atoms in total. The zero-order chi connectivity index (χ0) is 31.3. The number of nitrogens with one attached hydrogen (secondary N) is 1. The van der Waals surface area contributed by atoms with E-state index in [-0.39, 0.29) is 65.0 Å². The number of alkyl halides is 2. The van der Waals surface area contributed by atoms with Crippen LogP contribution in [-0.4, -0.2) is 62.5 Å². The smallest absolute Gasteiger partial charge is 0.387 e. The molecule has 0 radical (unpaired) electrons. The Labute approximate surface area is 257 Å². The van der Waals surface area contributed by atoms with Gasteiger partial charge in [0.25, 0.3) is 11.8 Å². The molecule has 1 unspecified atom stereocenters. The molecule has 3 atom stereocenters. The lowest BCUT2D eigenvalue weighted by Crippen LogP contribution is -2.50. The van der Waals surface area contributed by atoms with E-state index in [2.05, 4.69) is 14.9 Å². The van der Waals surface area contributed by atoms with Crippen LogP contribution < -0.4 is 10.1 Å². The van der Waals surface area contributed by atoms with Crippen LogP contribution in [-0.2, 0) is 17.8 Å². The van der Waals surface area contributed by atoms with Crippen molar-refractivity contribution in [2.75, 3.05) is 6.54 Å². The van der Waals surface area contributed by atoms with Gasteiger partial charge in [-0.2, -0.15) is 13.9 Å². The molecule has 228 valence electrons. The van der Waals surface area contributed by atoms with E-state index in [4.69, 9.17) is 23.3 Å². The number of halogens is 3. The van der Waals surface area contributed by atoms with Crippen LogP contribution in [0, 0.1) is 6.57 Å². The fraction of sp³-hybridized carbons (Fsp3) is 0.387. The molecule has 6 rings (SSSR count). The largest absolute Gasteiger partial charge is 0.435 e. The van der Waals surface area contributed by atoms with E-state index in [1.54, 1.807) is 28.0 Å². The highest BCUT2D eigenvalue weighted by atomic mass is 35.5. The summed E-state index contributed by atoms with van der Waals surface area (Å²) in [5.41, 5.74) is 2.61. The molecular formula is C31H29ClF2N6O4. The van der Waals surface area contributed by atoms with Crippen molar-refractivity contribution in [2.45, 2.75) is 70.4 Å². The third-order valence-electron chi connectivity index (χ3n) is 8.43. The van der Waals surface area contributed by atoms with Crippen molar-refractivity contribution in [3.63, 3.8) is 0 Å². The standard InChI is InChI=1S/C31H29ClF2N6O4/c1-16-12-24-22(14-38(16)29(42)19-6-11-23(32)25(13-19)35-3)27-30(43)39(15-26(40(27)37-24)28(41)36-20-7-8-20)17(2)18-4-9-21(10-5-18)44-31(33)34/h4-6,9-11,13,16-17,20,26,31H,7-8,12,14-15H2,1-2H3,(H,36,41)/t16-,17?,26+/m1/s1. The molecule has 1 fully saturated rings. The lowest BCUT2D eigenvalue weighted by molar-refractivity contribution is -0.125. The second kappa shape index (κ2) is 11.5. The maximum Gasteiger partial charge on any atom is 0.387 e. The van der Waals surface area contributed by atoms with Gasteiger partial charge in [0.15, 0.2) is 0 Å². The van der Waals surface area contributed by atoms with Crippen molar-refractivity contribution >= 4 is 35.0 Å². The summed E-state index contributed by atoms with van der Waals surface area (Å²) >= 11 is 6.09. The number of rotatable bonds is 7. The molecular weight excluding hydrogens is 594 g/mol. The van der Waals surface area contributed by atoms with Gasteiger partial charge < -0.3 is 19.9 Å². The fourth-order valence-corrected chi connectivity index (χ4v) is 5.99. The Hall–Kier alpha value is -4.50. The van der Waals surface area contributed by atoms with E-state index in [1.165, 1.54) is 28.9 Å². The number of benzene rings is 2. The Balaban J connectivity index is 1.35. The number of fused-ring (bicyclic) bond motifs is 3. The molecule has 1 aromatic heterocycles. The summed E-state index contributed by atoms with van der Waals surface area (Å²) in [7, 11) is 0. The second-order valence-corrected chi connectivity index (χ2v) is 11.8. The zero-order valence-electron chi connectivity index (χ0n) is 24.0. The zero-order valence-corrected chi connectivity index (χ0v) is 24.7. The molecule has 3 heterocycles. The average Bonchev–Trinajstić information content (AvgIpc) is 3.73. The second-order valence-electron chi connectivity index (χ2n) is 11.4. The van der Waals surface area contributed by atoms with Gasteiger partial charge in [0, 0.05) is 34.7 Å². The molecule has 3 aliphatic rings. The van der Waals surface area contributed by atoms with Crippen LogP contribution in [0.2, 0.25) is 5.02 Å². The van der Waals surface area contributed by atoms with Crippen molar-refractivity contribution < 1.29 is 27.9 Å². The van der Waals surface area contributed by atoms with Crippen LogP contribution in [0.1, 0.15) is 76.4 Å². The Bertz CT molecular complexity index is 1680. The van der Waals surface area contributed by atoms with Gasteiger partial charge in [-0.05, 0) is 50.5 Å². The monoisotopic (exact) mass is 622 g/mol. The maximum absolute atomic E-state index is 14.2. The predicted molar refractivity (Wildman–Crippen MR) is 156 cm³/mol. The van der Waals surface area contributed by atoms with Gasteiger partial charge in [0.05, 0.1) is 31.4 Å². The minimum Gasteiger partial charge on any atom is -0.435 e. The molecule has 3 amide bonds. The molecule has 44 heavy (non-hydrogen) atoms. The number of aromatic nitrogens is 2. The molecule has 0 spiro atoms. The number of ether oxygens (including phenoxy) is 1. The van der Waals surface area contributed by atoms with Crippen LogP contribution >= 0.6 is 11.6 Å². The number of hydrogen-bond acceptors (Lipinski definition) is 5. The van der Waals surface area contributed by atoms with Crippen molar-refractivity contribution in [3.8, 4) is 5.75 Å². The first kappa shape index (κ1) is 29.6. The minimum absolute atomic E-state index is 0.00200. The normalized spacial score (nSPS) is 20.1. The van der Waals surface area contributed by atoms with Crippen molar-refractivity contribution in [1.82, 2.24) is 24.9 Å². The van der Waals surface area contributed by atoms with Crippen LogP contribution in [0.4, 0.5) is 14.5 Å². The molecule has 0 bridgehead atoms. The summed E-state index contributed by atoms with van der Waals surface area (Å²) in [5, 5.41) is 8.04. The molecule has 2 aromatic carbocycles. The van der Waals surface area contributed by atoms with Crippen molar-refractivity contribution in [1.29, 1.82) is 0 Å². The van der Waals surface area contributed by atoms with Gasteiger partial charge in [-0.15, -0.1) is 0 Å². The Kier molecular flexibility index (Phi) is 7.75. The highest BCUT2D eigenvalue weighted by molar-refractivity contribution is 6.33. The third kappa shape index (κ3) is 5.48. The fourth-order valence-electron chi connectivity index (χ4n) is 5.83. The van der Waals surface area contributed by atoms with Gasteiger partial charge >= 0.3 is 6.61 Å². The average molecular weight is 623 g/mol. The van der Waals surface area contributed by atoms with E-state index >= 15 is 0 Å². The quantitative estimate of drug-likeness (QED) is 0.360. The van der Waals surface area contributed by atoms with Gasteiger partial charge in [0.2, 0.25) is 11.6 Å². The molecule has 2 aliphatic heterocycles. The number of amides is 3.